The molecule has 0 unspecified atom stereocenters. The minimum Gasteiger partial charge on any atom is -0.469 e. The van der Waals surface area contributed by atoms with Gasteiger partial charge in [0.15, 0.2) is 0 Å². The van der Waals surface area contributed by atoms with Crippen molar-refractivity contribution in [3.05, 3.63) is 65.7 Å². The lowest BCUT2D eigenvalue weighted by Gasteiger charge is -2.17. The van der Waals surface area contributed by atoms with Crippen LogP contribution in [0, 0.1) is 6.92 Å². The number of methoxy groups -OCH3 is 1. The van der Waals surface area contributed by atoms with E-state index in [0.717, 1.165) is 11.1 Å². The van der Waals surface area contributed by atoms with Crippen LogP contribution in [0.5, 0.6) is 0 Å². The van der Waals surface area contributed by atoms with Crippen LogP contribution >= 0.6 is 0 Å². The highest BCUT2D eigenvalue weighted by molar-refractivity contribution is 7.83. The van der Waals surface area contributed by atoms with Crippen molar-refractivity contribution >= 4 is 17.0 Å². The predicted molar refractivity (Wildman–Crippen MR) is 86.5 cm³/mol. The van der Waals surface area contributed by atoms with Gasteiger partial charge in [0.25, 0.3) is 0 Å². The molecular formula is C17H19NO3S. The monoisotopic (exact) mass is 317 g/mol. The fourth-order valence-corrected chi connectivity index (χ4v) is 3.02. The Morgan fingerprint density at radius 2 is 1.77 bits per heavy atom. The molecule has 0 radical (unpaired) electrons. The number of nitrogens with one attached hydrogen (secondary N) is 1. The van der Waals surface area contributed by atoms with E-state index in [0.29, 0.717) is 4.90 Å². The number of benzene rings is 2. The zero-order valence-corrected chi connectivity index (χ0v) is 13.4. The highest BCUT2D eigenvalue weighted by atomic mass is 32.2. The van der Waals surface area contributed by atoms with Gasteiger partial charge in [0.1, 0.15) is 11.0 Å². The maximum atomic E-state index is 12.5. The summed E-state index contributed by atoms with van der Waals surface area (Å²) in [5.41, 5.74) is 2.00. The molecule has 2 aromatic rings. The highest BCUT2D eigenvalue weighted by Gasteiger charge is 2.19. The molecule has 22 heavy (non-hydrogen) atoms. The number of hydrogen-bond donors (Lipinski definition) is 1. The van der Waals surface area contributed by atoms with E-state index in [-0.39, 0.29) is 18.4 Å². The molecular weight excluding hydrogens is 298 g/mol. The molecule has 0 aliphatic rings. The maximum Gasteiger partial charge on any atom is 0.307 e. The average molecular weight is 317 g/mol. The number of carbonyl (C=O) groups is 1. The molecule has 0 saturated carbocycles. The molecule has 0 spiro atoms. The van der Waals surface area contributed by atoms with Crippen LogP contribution in [0.3, 0.4) is 0 Å². The molecule has 2 rings (SSSR count). The molecule has 0 fully saturated rings. The van der Waals surface area contributed by atoms with Crippen LogP contribution in [0.4, 0.5) is 0 Å². The summed E-state index contributed by atoms with van der Waals surface area (Å²) in [5, 5.41) is 0. The second-order valence-electron chi connectivity index (χ2n) is 4.94. The Hall–Kier alpha value is -1.98. The minimum atomic E-state index is -1.40. The zero-order chi connectivity index (χ0) is 15.9. The molecule has 1 N–H and O–H groups in total. The molecule has 0 aromatic heterocycles. The molecule has 4 nitrogen and oxygen atoms in total. The van der Waals surface area contributed by atoms with Crippen molar-refractivity contribution in [2.24, 2.45) is 0 Å². The van der Waals surface area contributed by atoms with E-state index in [9.17, 15) is 9.00 Å². The summed E-state index contributed by atoms with van der Waals surface area (Å²) in [6.07, 6.45) is 0.123. The lowest BCUT2D eigenvalue weighted by atomic mass is 10.1. The van der Waals surface area contributed by atoms with Gasteiger partial charge in [0, 0.05) is 0 Å². The second kappa shape index (κ2) is 7.87. The first kappa shape index (κ1) is 16.4. The van der Waals surface area contributed by atoms with Crippen LogP contribution < -0.4 is 4.72 Å². The van der Waals surface area contributed by atoms with Gasteiger partial charge in [-0.3, -0.25) is 4.79 Å². The van der Waals surface area contributed by atoms with Gasteiger partial charge in [-0.25, -0.2) is 8.93 Å². The van der Waals surface area contributed by atoms with Crippen LogP contribution in [0.1, 0.15) is 23.6 Å². The minimum absolute atomic E-state index is 0.123. The standard InChI is InChI=1S/C17H19NO3S/c1-13-8-10-15(11-9-13)22(20)18-16(12-17(19)21-2)14-6-4-3-5-7-14/h3-11,16,18H,12H2,1-2H3/t16-,22+/m1/s1. The van der Waals surface area contributed by atoms with Crippen molar-refractivity contribution < 1.29 is 13.7 Å². The summed E-state index contributed by atoms with van der Waals surface area (Å²) in [6.45, 7) is 1.98. The third-order valence-corrected chi connectivity index (χ3v) is 4.48. The normalized spacial score (nSPS) is 13.4. The van der Waals surface area contributed by atoms with E-state index in [2.05, 4.69) is 4.72 Å². The van der Waals surface area contributed by atoms with Crippen LogP contribution in [0.25, 0.3) is 0 Å². The van der Waals surface area contributed by atoms with Crippen LogP contribution in [0.15, 0.2) is 59.5 Å². The largest absolute Gasteiger partial charge is 0.469 e. The molecule has 5 heteroatoms. The predicted octanol–water partition coefficient (Wildman–Crippen LogP) is 2.91. The fourth-order valence-electron chi connectivity index (χ4n) is 2.02. The SMILES string of the molecule is COC(=O)C[C@@H](N[S@@](=O)c1ccc(C)cc1)c1ccccc1. The van der Waals surface area contributed by atoms with E-state index in [1.165, 1.54) is 7.11 Å². The number of esters is 1. The van der Waals surface area contributed by atoms with Crippen molar-refractivity contribution in [3.63, 3.8) is 0 Å². The van der Waals surface area contributed by atoms with Gasteiger partial charge in [-0.05, 0) is 24.6 Å². The fraction of sp³-hybridized carbons (Fsp3) is 0.235. The Kier molecular flexibility index (Phi) is 5.86. The van der Waals surface area contributed by atoms with Crippen molar-refractivity contribution in [2.45, 2.75) is 24.3 Å². The van der Waals surface area contributed by atoms with Gasteiger partial charge < -0.3 is 4.74 Å². The van der Waals surface area contributed by atoms with Crippen molar-refractivity contribution in [1.29, 1.82) is 0 Å². The summed E-state index contributed by atoms with van der Waals surface area (Å²) in [7, 11) is -0.0499. The Bertz CT molecular complexity index is 641. The van der Waals surface area contributed by atoms with E-state index >= 15 is 0 Å². The Balaban J connectivity index is 2.17. The number of ether oxygens (including phenoxy) is 1. The van der Waals surface area contributed by atoms with Gasteiger partial charge in [-0.15, -0.1) is 0 Å². The third kappa shape index (κ3) is 4.51. The molecule has 0 heterocycles. The summed E-state index contributed by atoms with van der Waals surface area (Å²) >= 11 is 0. The molecule has 2 aromatic carbocycles. The quantitative estimate of drug-likeness (QED) is 0.834. The molecule has 2 atom stereocenters. The molecule has 0 bridgehead atoms. The summed E-state index contributed by atoms with van der Waals surface area (Å²) in [5.74, 6) is -0.345. The Morgan fingerprint density at radius 1 is 1.14 bits per heavy atom. The van der Waals surface area contributed by atoms with Gasteiger partial charge in [-0.2, -0.15) is 0 Å². The lowest BCUT2D eigenvalue weighted by molar-refractivity contribution is -0.141. The number of aryl methyl sites for hydroxylation is 1. The van der Waals surface area contributed by atoms with E-state index < -0.39 is 11.0 Å². The summed E-state index contributed by atoms with van der Waals surface area (Å²) < 4.78 is 20.2. The number of carbonyl (C=O) groups excluding carboxylic acids is 1. The Labute approximate surface area is 133 Å². The molecule has 0 aliphatic heterocycles. The van der Waals surface area contributed by atoms with E-state index in [1.807, 2.05) is 61.5 Å². The van der Waals surface area contributed by atoms with Crippen molar-refractivity contribution in [3.8, 4) is 0 Å². The Morgan fingerprint density at radius 3 is 2.36 bits per heavy atom. The van der Waals surface area contributed by atoms with E-state index in [4.69, 9.17) is 4.74 Å². The van der Waals surface area contributed by atoms with Gasteiger partial charge in [0.05, 0.1) is 24.5 Å². The van der Waals surface area contributed by atoms with Crippen LogP contribution in [0.2, 0.25) is 0 Å². The smallest absolute Gasteiger partial charge is 0.307 e. The molecule has 0 amide bonds. The summed E-state index contributed by atoms with van der Waals surface area (Å²) in [6, 6.07) is 16.6. The van der Waals surface area contributed by atoms with Gasteiger partial charge in [-0.1, -0.05) is 48.0 Å². The van der Waals surface area contributed by atoms with Crippen molar-refractivity contribution in [2.75, 3.05) is 7.11 Å². The maximum absolute atomic E-state index is 12.5. The van der Waals surface area contributed by atoms with Crippen LogP contribution in [-0.4, -0.2) is 17.3 Å². The first-order valence-electron chi connectivity index (χ1n) is 6.96. The van der Waals surface area contributed by atoms with E-state index in [1.54, 1.807) is 0 Å². The third-order valence-electron chi connectivity index (χ3n) is 3.28. The number of hydrogen-bond acceptors (Lipinski definition) is 3. The lowest BCUT2D eigenvalue weighted by Crippen LogP contribution is -2.26. The molecule has 0 aliphatic carbocycles. The van der Waals surface area contributed by atoms with Gasteiger partial charge in [0.2, 0.25) is 0 Å². The highest BCUT2D eigenvalue weighted by Crippen LogP contribution is 2.19. The topological polar surface area (TPSA) is 55.4 Å². The average Bonchev–Trinajstić information content (AvgIpc) is 2.55. The second-order valence-corrected chi connectivity index (χ2v) is 6.19. The van der Waals surface area contributed by atoms with Crippen molar-refractivity contribution in [1.82, 2.24) is 4.72 Å². The molecule has 0 saturated heterocycles. The summed E-state index contributed by atoms with van der Waals surface area (Å²) in [4.78, 5) is 12.3. The number of rotatable bonds is 6. The van der Waals surface area contributed by atoms with Crippen LogP contribution in [-0.2, 0) is 20.5 Å². The zero-order valence-electron chi connectivity index (χ0n) is 12.6. The molecule has 116 valence electrons. The van der Waals surface area contributed by atoms with Gasteiger partial charge >= 0.3 is 5.97 Å². The first-order valence-corrected chi connectivity index (χ1v) is 8.11. The first-order chi connectivity index (χ1) is 10.6.